The van der Waals surface area contributed by atoms with Crippen molar-refractivity contribution in [2.24, 2.45) is 0 Å². The second kappa shape index (κ2) is 7.62. The van der Waals surface area contributed by atoms with Gasteiger partial charge in [0.25, 0.3) is 0 Å². The van der Waals surface area contributed by atoms with Crippen LogP contribution in [0.3, 0.4) is 0 Å². The van der Waals surface area contributed by atoms with Crippen LogP contribution >= 0.6 is 0 Å². The van der Waals surface area contributed by atoms with Crippen molar-refractivity contribution in [1.82, 2.24) is 15.1 Å². The third-order valence-corrected chi connectivity index (χ3v) is 3.96. The molecule has 4 nitrogen and oxygen atoms in total. The zero-order valence-corrected chi connectivity index (χ0v) is 12.9. The van der Waals surface area contributed by atoms with Crippen LogP contribution in [0.4, 0.5) is 0 Å². The monoisotopic (exact) mass is 277 g/mol. The Bertz CT molecular complexity index is 391. The maximum absolute atomic E-state index is 5.82. The molecule has 1 aromatic rings. The van der Waals surface area contributed by atoms with Crippen LogP contribution in [0.5, 0.6) is 5.75 Å². The molecule has 0 spiro atoms. The predicted molar refractivity (Wildman–Crippen MR) is 83.2 cm³/mol. The van der Waals surface area contributed by atoms with E-state index in [1.165, 1.54) is 18.5 Å². The van der Waals surface area contributed by atoms with E-state index in [9.17, 15) is 0 Å². The lowest BCUT2D eigenvalue weighted by molar-refractivity contribution is 0.220. The van der Waals surface area contributed by atoms with Crippen LogP contribution in [0, 0.1) is 0 Å². The Labute approximate surface area is 122 Å². The molecule has 112 valence electrons. The molecule has 1 heterocycles. The second-order valence-electron chi connectivity index (χ2n) is 5.73. The zero-order chi connectivity index (χ0) is 14.4. The highest BCUT2D eigenvalue weighted by Crippen LogP contribution is 2.14. The summed E-state index contributed by atoms with van der Waals surface area (Å²) in [6.07, 6.45) is 1.27. The van der Waals surface area contributed by atoms with Crippen molar-refractivity contribution in [3.05, 3.63) is 29.8 Å². The molecule has 0 bridgehead atoms. The molecule has 1 fully saturated rings. The highest BCUT2D eigenvalue weighted by Gasteiger charge is 2.23. The van der Waals surface area contributed by atoms with Crippen molar-refractivity contribution in [1.29, 1.82) is 0 Å². The van der Waals surface area contributed by atoms with Crippen molar-refractivity contribution in [2.75, 3.05) is 47.4 Å². The average molecular weight is 277 g/mol. The van der Waals surface area contributed by atoms with Crippen LogP contribution in [0.1, 0.15) is 12.0 Å². The van der Waals surface area contributed by atoms with Gasteiger partial charge >= 0.3 is 0 Å². The van der Waals surface area contributed by atoms with Crippen molar-refractivity contribution in [2.45, 2.75) is 19.0 Å². The van der Waals surface area contributed by atoms with Gasteiger partial charge in [-0.05, 0) is 51.8 Å². The molecule has 4 heteroatoms. The number of rotatable bonds is 7. The summed E-state index contributed by atoms with van der Waals surface area (Å²) in [4.78, 5) is 4.81. The van der Waals surface area contributed by atoms with E-state index in [-0.39, 0.29) is 0 Å². The van der Waals surface area contributed by atoms with Gasteiger partial charge in [-0.2, -0.15) is 0 Å². The van der Waals surface area contributed by atoms with Gasteiger partial charge in [-0.25, -0.2) is 0 Å². The van der Waals surface area contributed by atoms with Gasteiger partial charge in [-0.15, -0.1) is 0 Å². The van der Waals surface area contributed by atoms with E-state index in [4.69, 9.17) is 4.74 Å². The summed E-state index contributed by atoms with van der Waals surface area (Å²) in [5, 5.41) is 3.15. The van der Waals surface area contributed by atoms with E-state index in [0.717, 1.165) is 32.0 Å². The van der Waals surface area contributed by atoms with Crippen molar-refractivity contribution >= 4 is 0 Å². The molecule has 1 aliphatic heterocycles. The predicted octanol–water partition coefficient (Wildman–Crippen LogP) is 1.42. The fraction of sp³-hybridized carbons (Fsp3) is 0.625. The van der Waals surface area contributed by atoms with Crippen LogP contribution in [0.2, 0.25) is 0 Å². The van der Waals surface area contributed by atoms with Gasteiger partial charge in [0, 0.05) is 25.7 Å². The van der Waals surface area contributed by atoms with E-state index in [0.29, 0.717) is 6.04 Å². The van der Waals surface area contributed by atoms with E-state index in [1.807, 2.05) is 7.05 Å². The number of hydrogen-bond acceptors (Lipinski definition) is 4. The van der Waals surface area contributed by atoms with Crippen LogP contribution in [-0.2, 0) is 6.54 Å². The first-order valence-corrected chi connectivity index (χ1v) is 7.44. The van der Waals surface area contributed by atoms with E-state index in [1.54, 1.807) is 0 Å². The lowest BCUT2D eigenvalue weighted by Crippen LogP contribution is -2.33. The van der Waals surface area contributed by atoms with E-state index < -0.39 is 0 Å². The summed E-state index contributed by atoms with van der Waals surface area (Å²) in [5.41, 5.74) is 1.29. The van der Waals surface area contributed by atoms with Gasteiger partial charge in [0.2, 0.25) is 0 Å². The number of nitrogens with zero attached hydrogens (tertiary/aromatic N) is 2. The average Bonchev–Trinajstić information content (AvgIpc) is 2.90. The van der Waals surface area contributed by atoms with Crippen LogP contribution < -0.4 is 10.1 Å². The maximum Gasteiger partial charge on any atom is 0.119 e. The maximum atomic E-state index is 5.82. The Morgan fingerprint density at radius 1 is 1.30 bits per heavy atom. The minimum absolute atomic E-state index is 0.704. The summed E-state index contributed by atoms with van der Waals surface area (Å²) < 4.78 is 5.82. The third kappa shape index (κ3) is 4.47. The third-order valence-electron chi connectivity index (χ3n) is 3.96. The number of ether oxygens (including phenoxy) is 1. The lowest BCUT2D eigenvalue weighted by atomic mass is 10.2. The summed E-state index contributed by atoms with van der Waals surface area (Å²) in [6, 6.07) is 9.04. The van der Waals surface area contributed by atoms with Gasteiger partial charge < -0.3 is 15.0 Å². The summed E-state index contributed by atoms with van der Waals surface area (Å²) in [5.74, 6) is 0.966. The van der Waals surface area contributed by atoms with Gasteiger partial charge in [-0.3, -0.25) is 4.90 Å². The van der Waals surface area contributed by atoms with Crippen molar-refractivity contribution in [3.63, 3.8) is 0 Å². The molecule has 0 saturated carbocycles. The number of likely N-dealkylation sites (tertiary alicyclic amines) is 1. The molecule has 1 N–H and O–H groups in total. The van der Waals surface area contributed by atoms with E-state index >= 15 is 0 Å². The molecule has 0 amide bonds. The van der Waals surface area contributed by atoms with Crippen LogP contribution in [0.15, 0.2) is 24.3 Å². The molecule has 1 unspecified atom stereocenters. The number of nitrogens with one attached hydrogen (secondary N) is 1. The largest absolute Gasteiger partial charge is 0.492 e. The Morgan fingerprint density at radius 2 is 2.05 bits per heavy atom. The molecule has 1 saturated heterocycles. The van der Waals surface area contributed by atoms with E-state index in [2.05, 4.69) is 53.5 Å². The van der Waals surface area contributed by atoms with Crippen LogP contribution in [-0.4, -0.2) is 63.2 Å². The van der Waals surface area contributed by atoms with Crippen molar-refractivity contribution < 1.29 is 4.74 Å². The number of hydrogen-bond donors (Lipinski definition) is 1. The first kappa shape index (κ1) is 15.3. The molecule has 20 heavy (non-hydrogen) atoms. The normalized spacial score (nSPS) is 19.7. The summed E-state index contributed by atoms with van der Waals surface area (Å²) in [6.45, 7) is 5.04. The van der Waals surface area contributed by atoms with Gasteiger partial charge in [0.15, 0.2) is 0 Å². The lowest BCUT2D eigenvalue weighted by Gasteiger charge is -2.20. The molecular formula is C16H27N3O. The smallest absolute Gasteiger partial charge is 0.119 e. The molecule has 2 rings (SSSR count). The Kier molecular flexibility index (Phi) is 5.83. The van der Waals surface area contributed by atoms with Gasteiger partial charge in [-0.1, -0.05) is 12.1 Å². The molecule has 0 radical (unpaired) electrons. The topological polar surface area (TPSA) is 27.7 Å². The Hall–Kier alpha value is -1.10. The minimum Gasteiger partial charge on any atom is -0.492 e. The Balaban J connectivity index is 1.68. The zero-order valence-electron chi connectivity index (χ0n) is 12.9. The molecule has 1 aromatic carbocycles. The molecule has 1 aliphatic rings. The van der Waals surface area contributed by atoms with Crippen LogP contribution in [0.25, 0.3) is 0 Å². The number of benzene rings is 1. The standard InChI is InChI=1S/C16H27N3O/c1-17-12-14-4-6-16(7-5-14)20-11-10-19-9-8-15(13-19)18(2)3/h4-7,15,17H,8-13H2,1-3H3. The first-order chi connectivity index (χ1) is 9.69. The summed E-state index contributed by atoms with van der Waals surface area (Å²) >= 11 is 0. The second-order valence-corrected chi connectivity index (χ2v) is 5.73. The quantitative estimate of drug-likeness (QED) is 0.816. The van der Waals surface area contributed by atoms with Gasteiger partial charge in [0.05, 0.1) is 0 Å². The molecular weight excluding hydrogens is 250 g/mol. The number of likely N-dealkylation sites (N-methyl/N-ethyl adjacent to an activating group) is 1. The molecule has 0 aliphatic carbocycles. The van der Waals surface area contributed by atoms with Crippen molar-refractivity contribution in [3.8, 4) is 5.75 Å². The van der Waals surface area contributed by atoms with Gasteiger partial charge in [0.1, 0.15) is 12.4 Å². The first-order valence-electron chi connectivity index (χ1n) is 7.44. The fourth-order valence-electron chi connectivity index (χ4n) is 2.64. The molecule has 1 atom stereocenters. The Morgan fingerprint density at radius 3 is 2.65 bits per heavy atom. The summed E-state index contributed by atoms with van der Waals surface area (Å²) in [7, 11) is 6.29. The highest BCUT2D eigenvalue weighted by molar-refractivity contribution is 5.27. The fourth-order valence-corrected chi connectivity index (χ4v) is 2.64. The molecule has 0 aromatic heterocycles. The SMILES string of the molecule is CNCc1ccc(OCCN2CCC(N(C)C)C2)cc1. The minimum atomic E-state index is 0.704. The highest BCUT2D eigenvalue weighted by atomic mass is 16.5.